The molecule has 0 aromatic heterocycles. The van der Waals surface area contributed by atoms with Gasteiger partial charge in [-0.2, -0.15) is 0 Å². The van der Waals surface area contributed by atoms with E-state index in [2.05, 4.69) is 21.2 Å². The number of hydrogen-bond donors (Lipinski definition) is 1. The van der Waals surface area contributed by atoms with E-state index in [0.29, 0.717) is 11.4 Å². The lowest BCUT2D eigenvalue weighted by Gasteiger charge is -2.06. The minimum absolute atomic E-state index is 0.135. The molecule has 0 bridgehead atoms. The standard InChI is InChI=1S/C14H11BrClNO/c15-12-4-6-13(7-5-12)17-14(18)11-3-1-2-10(8-11)9-16/h1-8H,9H2,(H,17,18). The van der Waals surface area contributed by atoms with Gasteiger partial charge in [0.05, 0.1) is 0 Å². The van der Waals surface area contributed by atoms with Crippen LogP contribution in [-0.2, 0) is 5.88 Å². The number of rotatable bonds is 3. The van der Waals surface area contributed by atoms with E-state index in [4.69, 9.17) is 11.6 Å². The van der Waals surface area contributed by atoms with Gasteiger partial charge < -0.3 is 5.32 Å². The highest BCUT2D eigenvalue weighted by Crippen LogP contribution is 2.15. The van der Waals surface area contributed by atoms with E-state index in [1.54, 1.807) is 12.1 Å². The summed E-state index contributed by atoms with van der Waals surface area (Å²) in [5, 5.41) is 2.83. The summed E-state index contributed by atoms with van der Waals surface area (Å²) in [6, 6.07) is 14.7. The van der Waals surface area contributed by atoms with E-state index < -0.39 is 0 Å². The molecule has 0 saturated carbocycles. The minimum atomic E-state index is -0.135. The Morgan fingerprint density at radius 1 is 1.17 bits per heavy atom. The average molecular weight is 325 g/mol. The fourth-order valence-electron chi connectivity index (χ4n) is 1.53. The molecule has 92 valence electrons. The number of nitrogens with one attached hydrogen (secondary N) is 1. The molecule has 2 rings (SSSR count). The minimum Gasteiger partial charge on any atom is -0.322 e. The third kappa shape index (κ3) is 3.34. The maximum Gasteiger partial charge on any atom is 0.255 e. The van der Waals surface area contributed by atoms with Gasteiger partial charge in [0.2, 0.25) is 0 Å². The molecule has 0 radical (unpaired) electrons. The van der Waals surface area contributed by atoms with Crippen molar-refractivity contribution in [1.29, 1.82) is 0 Å². The summed E-state index contributed by atoms with van der Waals surface area (Å²) in [7, 11) is 0. The van der Waals surface area contributed by atoms with Crippen molar-refractivity contribution in [1.82, 2.24) is 0 Å². The van der Waals surface area contributed by atoms with Crippen molar-refractivity contribution in [2.75, 3.05) is 5.32 Å². The first-order valence-electron chi connectivity index (χ1n) is 5.41. The highest BCUT2D eigenvalue weighted by atomic mass is 79.9. The molecular weight excluding hydrogens is 314 g/mol. The average Bonchev–Trinajstić information content (AvgIpc) is 2.41. The second kappa shape index (κ2) is 6.03. The Morgan fingerprint density at radius 2 is 1.89 bits per heavy atom. The van der Waals surface area contributed by atoms with E-state index in [-0.39, 0.29) is 5.91 Å². The van der Waals surface area contributed by atoms with Crippen molar-refractivity contribution in [2.24, 2.45) is 0 Å². The van der Waals surface area contributed by atoms with Crippen LogP contribution < -0.4 is 5.32 Å². The molecule has 2 aromatic rings. The van der Waals surface area contributed by atoms with Crippen molar-refractivity contribution in [2.45, 2.75) is 5.88 Å². The van der Waals surface area contributed by atoms with Gasteiger partial charge in [0.25, 0.3) is 5.91 Å². The van der Waals surface area contributed by atoms with Crippen LogP contribution in [0.1, 0.15) is 15.9 Å². The molecule has 18 heavy (non-hydrogen) atoms. The summed E-state index contributed by atoms with van der Waals surface area (Å²) in [5.74, 6) is 0.267. The van der Waals surface area contributed by atoms with E-state index in [1.807, 2.05) is 36.4 Å². The number of halogens is 2. The SMILES string of the molecule is O=C(Nc1ccc(Br)cc1)c1cccc(CCl)c1. The number of hydrogen-bond acceptors (Lipinski definition) is 1. The summed E-state index contributed by atoms with van der Waals surface area (Å²) in [6.07, 6.45) is 0. The molecule has 1 N–H and O–H groups in total. The zero-order valence-corrected chi connectivity index (χ0v) is 11.8. The molecule has 0 fully saturated rings. The lowest BCUT2D eigenvalue weighted by molar-refractivity contribution is 0.102. The smallest absolute Gasteiger partial charge is 0.255 e. The molecule has 0 heterocycles. The topological polar surface area (TPSA) is 29.1 Å². The van der Waals surface area contributed by atoms with Gasteiger partial charge >= 0.3 is 0 Å². The van der Waals surface area contributed by atoms with Gasteiger partial charge in [0.15, 0.2) is 0 Å². The van der Waals surface area contributed by atoms with Gasteiger partial charge in [-0.15, -0.1) is 11.6 Å². The summed E-state index contributed by atoms with van der Waals surface area (Å²) >= 11 is 9.09. The van der Waals surface area contributed by atoms with Crippen molar-refractivity contribution in [3.05, 3.63) is 64.1 Å². The van der Waals surface area contributed by atoms with E-state index >= 15 is 0 Å². The Balaban J connectivity index is 2.14. The van der Waals surface area contributed by atoms with Crippen molar-refractivity contribution < 1.29 is 4.79 Å². The Labute approximate surface area is 119 Å². The van der Waals surface area contributed by atoms with Crippen molar-refractivity contribution in [3.63, 3.8) is 0 Å². The zero-order chi connectivity index (χ0) is 13.0. The first kappa shape index (κ1) is 13.1. The molecule has 0 aliphatic carbocycles. The number of carbonyl (C=O) groups is 1. The zero-order valence-electron chi connectivity index (χ0n) is 9.49. The molecule has 1 amide bonds. The Morgan fingerprint density at radius 3 is 2.56 bits per heavy atom. The molecule has 2 aromatic carbocycles. The summed E-state index contributed by atoms with van der Waals surface area (Å²) in [4.78, 5) is 12.0. The summed E-state index contributed by atoms with van der Waals surface area (Å²) < 4.78 is 0.977. The highest BCUT2D eigenvalue weighted by molar-refractivity contribution is 9.10. The van der Waals surface area contributed by atoms with Crippen LogP contribution in [0.4, 0.5) is 5.69 Å². The number of amides is 1. The second-order valence-electron chi connectivity index (χ2n) is 3.80. The molecule has 0 aliphatic rings. The van der Waals surface area contributed by atoms with Gasteiger partial charge in [0.1, 0.15) is 0 Å². The maximum atomic E-state index is 12.0. The van der Waals surface area contributed by atoms with Crippen LogP contribution >= 0.6 is 27.5 Å². The number of alkyl halides is 1. The molecule has 2 nitrogen and oxygen atoms in total. The van der Waals surface area contributed by atoms with Gasteiger partial charge in [0, 0.05) is 21.6 Å². The van der Waals surface area contributed by atoms with Crippen LogP contribution in [0.3, 0.4) is 0 Å². The predicted molar refractivity (Wildman–Crippen MR) is 78.1 cm³/mol. The van der Waals surface area contributed by atoms with E-state index in [0.717, 1.165) is 15.7 Å². The lowest BCUT2D eigenvalue weighted by atomic mass is 10.1. The third-order valence-corrected chi connectivity index (χ3v) is 3.28. The Hall–Kier alpha value is -1.32. The molecule has 0 spiro atoms. The molecule has 0 aliphatic heterocycles. The monoisotopic (exact) mass is 323 g/mol. The van der Waals surface area contributed by atoms with Crippen LogP contribution in [0.25, 0.3) is 0 Å². The van der Waals surface area contributed by atoms with E-state index in [1.165, 1.54) is 0 Å². The van der Waals surface area contributed by atoms with Crippen molar-refractivity contribution in [3.8, 4) is 0 Å². The van der Waals surface area contributed by atoms with Crippen LogP contribution in [0, 0.1) is 0 Å². The van der Waals surface area contributed by atoms with Crippen LogP contribution in [0.15, 0.2) is 53.0 Å². The quantitative estimate of drug-likeness (QED) is 0.831. The molecule has 0 atom stereocenters. The van der Waals surface area contributed by atoms with Crippen LogP contribution in [-0.4, -0.2) is 5.91 Å². The maximum absolute atomic E-state index is 12.0. The largest absolute Gasteiger partial charge is 0.322 e. The molecule has 0 unspecified atom stereocenters. The number of carbonyl (C=O) groups excluding carboxylic acids is 1. The number of benzene rings is 2. The molecule has 0 saturated heterocycles. The van der Waals surface area contributed by atoms with Crippen molar-refractivity contribution >= 4 is 39.1 Å². The second-order valence-corrected chi connectivity index (χ2v) is 4.98. The first-order valence-corrected chi connectivity index (χ1v) is 6.73. The van der Waals surface area contributed by atoms with Gasteiger partial charge in [-0.1, -0.05) is 28.1 Å². The summed E-state index contributed by atoms with van der Waals surface area (Å²) in [5.41, 5.74) is 2.30. The summed E-state index contributed by atoms with van der Waals surface area (Å²) in [6.45, 7) is 0. The third-order valence-electron chi connectivity index (χ3n) is 2.45. The van der Waals surface area contributed by atoms with Gasteiger partial charge in [-0.05, 0) is 42.0 Å². The first-order chi connectivity index (χ1) is 8.69. The lowest BCUT2D eigenvalue weighted by Crippen LogP contribution is -2.11. The van der Waals surface area contributed by atoms with Gasteiger partial charge in [-0.25, -0.2) is 0 Å². The molecular formula is C14H11BrClNO. The van der Waals surface area contributed by atoms with Crippen LogP contribution in [0.2, 0.25) is 0 Å². The van der Waals surface area contributed by atoms with Crippen LogP contribution in [0.5, 0.6) is 0 Å². The predicted octanol–water partition coefficient (Wildman–Crippen LogP) is 4.44. The van der Waals surface area contributed by atoms with E-state index in [9.17, 15) is 4.79 Å². The Kier molecular flexibility index (Phi) is 4.39. The Bertz CT molecular complexity index is 554. The highest BCUT2D eigenvalue weighted by Gasteiger charge is 2.06. The fraction of sp³-hybridized carbons (Fsp3) is 0.0714. The molecule has 4 heteroatoms. The van der Waals surface area contributed by atoms with Gasteiger partial charge in [-0.3, -0.25) is 4.79 Å². The normalized spacial score (nSPS) is 10.1. The number of anilines is 1. The fourth-order valence-corrected chi connectivity index (χ4v) is 1.96.